The van der Waals surface area contributed by atoms with Gasteiger partial charge < -0.3 is 24.4 Å². The van der Waals surface area contributed by atoms with Crippen molar-refractivity contribution in [3.05, 3.63) is 0 Å². The van der Waals surface area contributed by atoms with Crippen molar-refractivity contribution < 1.29 is 19.0 Å². The van der Waals surface area contributed by atoms with Gasteiger partial charge in [0.15, 0.2) is 0 Å². The first-order chi connectivity index (χ1) is 8.29. The Morgan fingerprint density at radius 3 is 2.47 bits per heavy atom. The predicted octanol–water partition coefficient (Wildman–Crippen LogP) is -0.904. The molecular formula is C11H22N2O4. The van der Waals surface area contributed by atoms with Crippen molar-refractivity contribution >= 4 is 5.91 Å². The molecule has 0 radical (unpaired) electrons. The van der Waals surface area contributed by atoms with Crippen molar-refractivity contribution in [2.24, 2.45) is 0 Å². The number of hydrogen-bond donors (Lipinski definition) is 1. The van der Waals surface area contributed by atoms with E-state index in [0.717, 1.165) is 6.54 Å². The molecule has 1 aliphatic rings. The van der Waals surface area contributed by atoms with Crippen molar-refractivity contribution in [1.29, 1.82) is 0 Å². The summed E-state index contributed by atoms with van der Waals surface area (Å²) < 4.78 is 15.3. The van der Waals surface area contributed by atoms with Crippen LogP contribution in [-0.2, 0) is 19.0 Å². The molecule has 1 atom stereocenters. The Bertz CT molecular complexity index is 212. The van der Waals surface area contributed by atoms with Crippen LogP contribution in [-0.4, -0.2) is 77.1 Å². The van der Waals surface area contributed by atoms with E-state index in [1.807, 2.05) is 0 Å². The number of nitrogens with one attached hydrogen (secondary N) is 1. The van der Waals surface area contributed by atoms with Gasteiger partial charge in [-0.3, -0.25) is 4.79 Å². The number of rotatable bonds is 7. The van der Waals surface area contributed by atoms with Crippen molar-refractivity contribution in [3.63, 3.8) is 0 Å². The third kappa shape index (κ3) is 4.99. The van der Waals surface area contributed by atoms with Gasteiger partial charge in [0.25, 0.3) is 0 Å². The van der Waals surface area contributed by atoms with Crippen LogP contribution in [0.4, 0.5) is 0 Å². The van der Waals surface area contributed by atoms with Crippen LogP contribution in [0.15, 0.2) is 0 Å². The topological polar surface area (TPSA) is 60.0 Å². The van der Waals surface area contributed by atoms with Gasteiger partial charge in [0.05, 0.1) is 26.4 Å². The second-order valence-corrected chi connectivity index (χ2v) is 3.89. The lowest BCUT2D eigenvalue weighted by atomic mass is 10.2. The molecule has 0 aromatic rings. The molecule has 6 heteroatoms. The number of morpholine rings is 1. The second-order valence-electron chi connectivity index (χ2n) is 3.89. The molecule has 100 valence electrons. The highest BCUT2D eigenvalue weighted by Crippen LogP contribution is 2.00. The van der Waals surface area contributed by atoms with E-state index in [2.05, 4.69) is 5.32 Å². The lowest BCUT2D eigenvalue weighted by Crippen LogP contribution is -2.53. The Morgan fingerprint density at radius 1 is 1.35 bits per heavy atom. The fourth-order valence-electron chi connectivity index (χ4n) is 1.68. The summed E-state index contributed by atoms with van der Waals surface area (Å²) in [4.78, 5) is 13.9. The molecule has 17 heavy (non-hydrogen) atoms. The summed E-state index contributed by atoms with van der Waals surface area (Å²) in [6.45, 7) is 4.05. The molecule has 0 aromatic heterocycles. The zero-order valence-electron chi connectivity index (χ0n) is 10.6. The van der Waals surface area contributed by atoms with E-state index in [-0.39, 0.29) is 11.9 Å². The Kier molecular flexibility index (Phi) is 7.11. The Labute approximate surface area is 102 Å². The molecule has 1 rings (SSSR count). The number of ether oxygens (including phenoxy) is 3. The summed E-state index contributed by atoms with van der Waals surface area (Å²) in [5.74, 6) is 0.0544. The first kappa shape index (κ1) is 14.4. The fraction of sp³-hybridized carbons (Fsp3) is 0.909. The smallest absolute Gasteiger partial charge is 0.242 e. The molecule has 1 amide bonds. The number of amides is 1. The van der Waals surface area contributed by atoms with Gasteiger partial charge in [0, 0.05) is 33.9 Å². The van der Waals surface area contributed by atoms with Crippen molar-refractivity contribution in [2.75, 3.05) is 60.3 Å². The molecule has 0 aliphatic carbocycles. The molecule has 1 N–H and O–H groups in total. The van der Waals surface area contributed by atoms with Gasteiger partial charge >= 0.3 is 0 Å². The lowest BCUT2D eigenvalue weighted by Gasteiger charge is -2.29. The Morgan fingerprint density at radius 2 is 2.00 bits per heavy atom. The summed E-state index contributed by atoms with van der Waals surface area (Å²) in [5.41, 5.74) is 0. The molecule has 0 spiro atoms. The van der Waals surface area contributed by atoms with Gasteiger partial charge in [-0.15, -0.1) is 0 Å². The van der Waals surface area contributed by atoms with Gasteiger partial charge in [0.2, 0.25) is 5.91 Å². The third-order valence-corrected chi connectivity index (χ3v) is 2.66. The molecule has 1 aliphatic heterocycles. The first-order valence-electron chi connectivity index (χ1n) is 5.87. The van der Waals surface area contributed by atoms with Gasteiger partial charge in [-0.25, -0.2) is 0 Å². The zero-order chi connectivity index (χ0) is 12.5. The number of methoxy groups -OCH3 is 2. The van der Waals surface area contributed by atoms with E-state index < -0.39 is 0 Å². The average Bonchev–Trinajstić information content (AvgIpc) is 2.39. The molecular weight excluding hydrogens is 224 g/mol. The first-order valence-corrected chi connectivity index (χ1v) is 5.87. The molecule has 0 aromatic carbocycles. The average molecular weight is 246 g/mol. The molecule has 1 heterocycles. The van der Waals surface area contributed by atoms with Gasteiger partial charge in [-0.05, 0) is 0 Å². The lowest BCUT2D eigenvalue weighted by molar-refractivity contribution is -0.137. The van der Waals surface area contributed by atoms with Crippen LogP contribution in [0, 0.1) is 0 Å². The van der Waals surface area contributed by atoms with E-state index in [4.69, 9.17) is 14.2 Å². The summed E-state index contributed by atoms with van der Waals surface area (Å²) in [5, 5.41) is 3.15. The largest absolute Gasteiger partial charge is 0.383 e. The Balaban J connectivity index is 2.44. The maximum atomic E-state index is 12.2. The van der Waals surface area contributed by atoms with E-state index in [1.54, 1.807) is 19.1 Å². The van der Waals surface area contributed by atoms with E-state index in [9.17, 15) is 4.79 Å². The standard InChI is InChI=1S/C11H22N2O4/c1-15-7-4-13(5-8-16-2)11(14)10-9-17-6-3-12-10/h10,12H,3-9H2,1-2H3. The highest BCUT2D eigenvalue weighted by atomic mass is 16.5. The van der Waals surface area contributed by atoms with Gasteiger partial charge in [-0.2, -0.15) is 0 Å². The van der Waals surface area contributed by atoms with Crippen LogP contribution in [0.3, 0.4) is 0 Å². The van der Waals surface area contributed by atoms with Crippen molar-refractivity contribution in [1.82, 2.24) is 10.2 Å². The van der Waals surface area contributed by atoms with Crippen LogP contribution in [0.5, 0.6) is 0 Å². The third-order valence-electron chi connectivity index (χ3n) is 2.66. The van der Waals surface area contributed by atoms with Crippen LogP contribution in [0.2, 0.25) is 0 Å². The maximum Gasteiger partial charge on any atom is 0.242 e. The van der Waals surface area contributed by atoms with E-state index >= 15 is 0 Å². The summed E-state index contributed by atoms with van der Waals surface area (Å²) >= 11 is 0. The summed E-state index contributed by atoms with van der Waals surface area (Å²) in [6.07, 6.45) is 0. The molecule has 1 fully saturated rings. The molecule has 0 saturated carbocycles. The molecule has 1 unspecified atom stereocenters. The molecule has 6 nitrogen and oxygen atoms in total. The second kappa shape index (κ2) is 8.41. The van der Waals surface area contributed by atoms with Crippen LogP contribution in [0.25, 0.3) is 0 Å². The Hall–Kier alpha value is -0.690. The SMILES string of the molecule is COCCN(CCOC)C(=O)C1COCCN1. The predicted molar refractivity (Wildman–Crippen MR) is 62.9 cm³/mol. The van der Waals surface area contributed by atoms with Gasteiger partial charge in [-0.1, -0.05) is 0 Å². The van der Waals surface area contributed by atoms with Crippen LogP contribution in [0.1, 0.15) is 0 Å². The van der Waals surface area contributed by atoms with Crippen LogP contribution >= 0.6 is 0 Å². The van der Waals surface area contributed by atoms with E-state index in [1.165, 1.54) is 0 Å². The monoisotopic (exact) mass is 246 g/mol. The highest BCUT2D eigenvalue weighted by Gasteiger charge is 2.25. The van der Waals surface area contributed by atoms with Gasteiger partial charge in [0.1, 0.15) is 6.04 Å². The number of hydrogen-bond acceptors (Lipinski definition) is 5. The zero-order valence-corrected chi connectivity index (χ0v) is 10.6. The minimum Gasteiger partial charge on any atom is -0.383 e. The van der Waals surface area contributed by atoms with Crippen LogP contribution < -0.4 is 5.32 Å². The quantitative estimate of drug-likeness (QED) is 0.630. The summed E-state index contributed by atoms with van der Waals surface area (Å²) in [6, 6.07) is -0.238. The normalized spacial score (nSPS) is 20.2. The fourth-order valence-corrected chi connectivity index (χ4v) is 1.68. The number of carbonyl (C=O) groups excluding carboxylic acids is 1. The highest BCUT2D eigenvalue weighted by molar-refractivity contribution is 5.82. The van der Waals surface area contributed by atoms with Crippen molar-refractivity contribution in [2.45, 2.75) is 6.04 Å². The number of nitrogens with zero attached hydrogens (tertiary/aromatic N) is 1. The minimum absolute atomic E-state index is 0.0544. The maximum absolute atomic E-state index is 12.2. The number of carbonyl (C=O) groups is 1. The molecule has 0 bridgehead atoms. The minimum atomic E-state index is -0.238. The molecule has 1 saturated heterocycles. The van der Waals surface area contributed by atoms with E-state index in [0.29, 0.717) is 39.5 Å². The van der Waals surface area contributed by atoms with Crippen molar-refractivity contribution in [3.8, 4) is 0 Å². The summed E-state index contributed by atoms with van der Waals surface area (Å²) in [7, 11) is 3.25.